The number of aliphatic hydroxyl groups is 1. The Bertz CT molecular complexity index is 638. The van der Waals surface area contributed by atoms with Crippen molar-refractivity contribution < 1.29 is 14.6 Å². The van der Waals surface area contributed by atoms with Crippen LogP contribution in [-0.4, -0.2) is 41.2 Å². The minimum atomic E-state index is -0.297. The van der Waals surface area contributed by atoms with Gasteiger partial charge in [-0.25, -0.2) is 0 Å². The Morgan fingerprint density at radius 2 is 2.09 bits per heavy atom. The van der Waals surface area contributed by atoms with Crippen molar-refractivity contribution in [2.75, 3.05) is 20.3 Å². The second-order valence-electron chi connectivity index (χ2n) is 4.61. The minimum Gasteiger partial charge on any atom is -0.496 e. The molecule has 118 valence electrons. The second kappa shape index (κ2) is 7.54. The zero-order valence-electron chi connectivity index (χ0n) is 12.0. The number of hydrogen-bond donors (Lipinski definition) is 2. The first kappa shape index (κ1) is 16.7. The molecule has 0 spiro atoms. The Labute approximate surface area is 138 Å². The van der Waals surface area contributed by atoms with Crippen LogP contribution in [0, 0.1) is 0 Å². The van der Waals surface area contributed by atoms with Crippen LogP contribution < -0.4 is 4.74 Å². The number of aromatic amines is 1. The number of para-hydroxylation sites is 1. The highest BCUT2D eigenvalue weighted by Crippen LogP contribution is 2.24. The molecule has 7 heteroatoms. The van der Waals surface area contributed by atoms with Gasteiger partial charge in [0.15, 0.2) is 0 Å². The van der Waals surface area contributed by atoms with Gasteiger partial charge in [0, 0.05) is 18.7 Å². The fourth-order valence-electron chi connectivity index (χ4n) is 2.10. The molecule has 0 saturated carbocycles. The van der Waals surface area contributed by atoms with Crippen LogP contribution >= 0.6 is 23.2 Å². The lowest BCUT2D eigenvalue weighted by Gasteiger charge is -2.22. The van der Waals surface area contributed by atoms with Gasteiger partial charge in [-0.05, 0) is 12.1 Å². The zero-order chi connectivity index (χ0) is 16.1. The van der Waals surface area contributed by atoms with Gasteiger partial charge in [-0.2, -0.15) is 0 Å². The second-order valence-corrected chi connectivity index (χ2v) is 5.39. The third kappa shape index (κ3) is 3.74. The Morgan fingerprint density at radius 1 is 1.36 bits per heavy atom. The van der Waals surface area contributed by atoms with Crippen LogP contribution in [-0.2, 0) is 6.54 Å². The van der Waals surface area contributed by atoms with Crippen LogP contribution in [0.3, 0.4) is 0 Å². The highest BCUT2D eigenvalue weighted by Gasteiger charge is 2.20. The van der Waals surface area contributed by atoms with Gasteiger partial charge < -0.3 is 19.7 Å². The number of carbonyl (C=O) groups excluding carboxylic acids is 1. The Hall–Kier alpha value is -1.69. The van der Waals surface area contributed by atoms with E-state index in [2.05, 4.69) is 4.98 Å². The number of benzene rings is 1. The lowest BCUT2D eigenvalue weighted by molar-refractivity contribution is 0.0701. The zero-order valence-corrected chi connectivity index (χ0v) is 13.5. The molecule has 0 aliphatic carbocycles. The van der Waals surface area contributed by atoms with E-state index in [0.29, 0.717) is 12.3 Å². The fraction of sp³-hybridized carbons (Fsp3) is 0.267. The normalized spacial score (nSPS) is 10.5. The number of carbonyl (C=O) groups is 1. The van der Waals surface area contributed by atoms with Gasteiger partial charge in [-0.15, -0.1) is 0 Å². The van der Waals surface area contributed by atoms with Crippen molar-refractivity contribution in [3.05, 3.63) is 51.8 Å². The summed E-state index contributed by atoms with van der Waals surface area (Å²) in [6.45, 7) is 0.339. The number of H-pyrrole nitrogens is 1. The number of amides is 1. The number of aliphatic hydroxyl groups excluding tert-OH is 1. The maximum Gasteiger partial charge on any atom is 0.270 e. The van der Waals surface area contributed by atoms with Crippen LogP contribution in [0.1, 0.15) is 16.1 Å². The summed E-state index contributed by atoms with van der Waals surface area (Å²) in [6, 6.07) is 8.87. The summed E-state index contributed by atoms with van der Waals surface area (Å²) < 4.78 is 5.28. The van der Waals surface area contributed by atoms with Crippen molar-refractivity contribution in [3.63, 3.8) is 0 Å². The third-order valence-corrected chi connectivity index (χ3v) is 3.86. The van der Waals surface area contributed by atoms with E-state index in [1.807, 2.05) is 24.3 Å². The number of rotatable bonds is 6. The molecule has 0 aliphatic rings. The van der Waals surface area contributed by atoms with Gasteiger partial charge in [0.05, 0.1) is 18.7 Å². The molecule has 5 nitrogen and oxygen atoms in total. The van der Waals surface area contributed by atoms with E-state index < -0.39 is 0 Å². The Balaban J connectivity index is 2.24. The molecule has 1 aromatic carbocycles. The number of hydrogen-bond acceptors (Lipinski definition) is 3. The van der Waals surface area contributed by atoms with Gasteiger partial charge in [-0.3, -0.25) is 4.79 Å². The summed E-state index contributed by atoms with van der Waals surface area (Å²) in [5, 5.41) is 9.71. The molecule has 0 bridgehead atoms. The molecule has 0 fully saturated rings. The summed E-state index contributed by atoms with van der Waals surface area (Å²) >= 11 is 11.7. The molecular weight excluding hydrogens is 327 g/mol. The smallest absolute Gasteiger partial charge is 0.270 e. The number of halogens is 2. The van der Waals surface area contributed by atoms with Crippen LogP contribution in [0.4, 0.5) is 0 Å². The lowest BCUT2D eigenvalue weighted by atomic mass is 10.2. The molecule has 2 rings (SSSR count). The summed E-state index contributed by atoms with van der Waals surface area (Å²) in [6.07, 6.45) is 0. The fourth-order valence-corrected chi connectivity index (χ4v) is 2.41. The van der Waals surface area contributed by atoms with Crippen molar-refractivity contribution in [3.8, 4) is 5.75 Å². The summed E-state index contributed by atoms with van der Waals surface area (Å²) in [7, 11) is 1.57. The topological polar surface area (TPSA) is 65.6 Å². The first-order valence-electron chi connectivity index (χ1n) is 6.63. The van der Waals surface area contributed by atoms with E-state index in [0.717, 1.165) is 5.56 Å². The van der Waals surface area contributed by atoms with Crippen LogP contribution in [0.25, 0.3) is 0 Å². The molecule has 0 saturated heterocycles. The van der Waals surface area contributed by atoms with Crippen LogP contribution in [0.15, 0.2) is 30.3 Å². The third-order valence-electron chi connectivity index (χ3n) is 3.17. The van der Waals surface area contributed by atoms with Gasteiger partial charge in [-0.1, -0.05) is 41.4 Å². The standard InChI is InChI=1S/C15H16Cl2N2O3/c1-22-13-5-3-2-4-10(13)9-19(6-7-20)15(21)12-8-11(16)14(17)18-12/h2-5,8,18,20H,6-7,9H2,1H3. The Kier molecular flexibility index (Phi) is 5.71. The predicted octanol–water partition coefficient (Wildman–Crippen LogP) is 2.96. The molecule has 2 aromatic rings. The van der Waals surface area contributed by atoms with Gasteiger partial charge in [0.2, 0.25) is 0 Å². The molecule has 0 atom stereocenters. The van der Waals surface area contributed by atoms with Crippen molar-refractivity contribution in [1.29, 1.82) is 0 Å². The number of nitrogens with zero attached hydrogens (tertiary/aromatic N) is 1. The molecule has 0 aliphatic heterocycles. The summed E-state index contributed by atoms with van der Waals surface area (Å²) in [5.41, 5.74) is 1.12. The molecule has 1 amide bonds. The molecule has 1 heterocycles. The molecule has 2 N–H and O–H groups in total. The molecule has 0 radical (unpaired) electrons. The monoisotopic (exact) mass is 342 g/mol. The highest BCUT2D eigenvalue weighted by atomic mass is 35.5. The van der Waals surface area contributed by atoms with Gasteiger partial charge >= 0.3 is 0 Å². The Morgan fingerprint density at radius 3 is 2.68 bits per heavy atom. The molecule has 1 aromatic heterocycles. The number of ether oxygens (including phenoxy) is 1. The lowest BCUT2D eigenvalue weighted by Crippen LogP contribution is -2.33. The van der Waals surface area contributed by atoms with E-state index in [4.69, 9.17) is 27.9 Å². The van der Waals surface area contributed by atoms with E-state index in [9.17, 15) is 9.90 Å². The average molecular weight is 343 g/mol. The van der Waals surface area contributed by atoms with Crippen molar-refractivity contribution in [1.82, 2.24) is 9.88 Å². The largest absolute Gasteiger partial charge is 0.496 e. The van der Waals surface area contributed by atoms with E-state index in [1.165, 1.54) is 11.0 Å². The summed E-state index contributed by atoms with van der Waals surface area (Å²) in [5.74, 6) is 0.384. The van der Waals surface area contributed by atoms with E-state index >= 15 is 0 Å². The van der Waals surface area contributed by atoms with Crippen LogP contribution in [0.5, 0.6) is 5.75 Å². The molecule has 0 unspecified atom stereocenters. The molecule has 22 heavy (non-hydrogen) atoms. The maximum absolute atomic E-state index is 12.5. The predicted molar refractivity (Wildman–Crippen MR) is 85.6 cm³/mol. The number of aromatic nitrogens is 1. The average Bonchev–Trinajstić information content (AvgIpc) is 2.86. The van der Waals surface area contributed by atoms with Gasteiger partial charge in [0.25, 0.3) is 5.91 Å². The van der Waals surface area contributed by atoms with Crippen molar-refractivity contribution in [2.24, 2.45) is 0 Å². The highest BCUT2D eigenvalue weighted by molar-refractivity contribution is 6.41. The minimum absolute atomic E-state index is 0.150. The van der Waals surface area contributed by atoms with Crippen LogP contribution in [0.2, 0.25) is 10.2 Å². The van der Waals surface area contributed by atoms with E-state index in [-0.39, 0.29) is 34.9 Å². The SMILES string of the molecule is COc1ccccc1CN(CCO)C(=O)c1cc(Cl)c(Cl)[nH]1. The van der Waals surface area contributed by atoms with Crippen molar-refractivity contribution in [2.45, 2.75) is 6.54 Å². The summed E-state index contributed by atoms with van der Waals surface area (Å²) in [4.78, 5) is 16.8. The first-order valence-corrected chi connectivity index (χ1v) is 7.38. The van der Waals surface area contributed by atoms with Gasteiger partial charge in [0.1, 0.15) is 16.6 Å². The molecular formula is C15H16Cl2N2O3. The van der Waals surface area contributed by atoms with E-state index in [1.54, 1.807) is 7.11 Å². The maximum atomic E-state index is 12.5. The van der Waals surface area contributed by atoms with Crippen molar-refractivity contribution >= 4 is 29.1 Å². The first-order chi connectivity index (χ1) is 10.6. The number of nitrogens with one attached hydrogen (secondary N) is 1. The number of methoxy groups -OCH3 is 1. The quantitative estimate of drug-likeness (QED) is 0.848.